The van der Waals surface area contributed by atoms with Gasteiger partial charge in [0.15, 0.2) is 0 Å². The number of aliphatic hydroxyl groups is 2. The number of nitrogens with two attached hydrogens (primary N) is 2. The fraction of sp³-hybridized carbons (Fsp3) is 1.00. The first kappa shape index (κ1) is 22.5. The van der Waals surface area contributed by atoms with Gasteiger partial charge >= 0.3 is 0 Å². The summed E-state index contributed by atoms with van der Waals surface area (Å²) in [6, 6.07) is -0.352. The standard InChI is InChI=1S/C16H36N2O2S2/c1-5-15(19,6-2)13(17)11-21-9-10-22-12-14(18)16(20,7-3)8-4/h13-14,19-20H,5-12,17-18H2,1-4H3/t13-,14-/m0/s1. The zero-order valence-electron chi connectivity index (χ0n) is 14.7. The lowest BCUT2D eigenvalue weighted by Gasteiger charge is -2.32. The molecule has 0 saturated carbocycles. The van der Waals surface area contributed by atoms with Gasteiger partial charge in [-0.25, -0.2) is 0 Å². The molecule has 0 unspecified atom stereocenters. The van der Waals surface area contributed by atoms with E-state index in [1.807, 2.05) is 27.7 Å². The van der Waals surface area contributed by atoms with E-state index in [1.54, 1.807) is 23.5 Å². The monoisotopic (exact) mass is 352 g/mol. The van der Waals surface area contributed by atoms with E-state index in [1.165, 1.54) is 0 Å². The van der Waals surface area contributed by atoms with E-state index in [4.69, 9.17) is 11.5 Å². The van der Waals surface area contributed by atoms with Crippen LogP contribution in [-0.4, -0.2) is 56.5 Å². The van der Waals surface area contributed by atoms with Crippen molar-refractivity contribution in [2.75, 3.05) is 23.0 Å². The molecule has 0 amide bonds. The first-order valence-electron chi connectivity index (χ1n) is 8.41. The van der Waals surface area contributed by atoms with Crippen molar-refractivity contribution in [2.45, 2.75) is 76.7 Å². The minimum Gasteiger partial charge on any atom is -0.388 e. The minimum absolute atomic E-state index is 0.176. The number of thioether (sulfide) groups is 2. The maximum Gasteiger partial charge on any atom is 0.0800 e. The Morgan fingerprint density at radius 1 is 0.727 bits per heavy atom. The van der Waals surface area contributed by atoms with Crippen molar-refractivity contribution in [1.82, 2.24) is 0 Å². The number of rotatable bonds is 13. The lowest BCUT2D eigenvalue weighted by molar-refractivity contribution is 0.0131. The van der Waals surface area contributed by atoms with E-state index in [0.717, 1.165) is 23.0 Å². The molecule has 22 heavy (non-hydrogen) atoms. The SMILES string of the molecule is CCC(O)(CC)[C@@H](N)CSCCSC[C@H](N)C(O)(CC)CC. The molecule has 0 aliphatic heterocycles. The molecule has 0 aromatic carbocycles. The summed E-state index contributed by atoms with van der Waals surface area (Å²) in [5.41, 5.74) is 10.7. The predicted molar refractivity (Wildman–Crippen MR) is 102 cm³/mol. The Morgan fingerprint density at radius 2 is 1.00 bits per heavy atom. The Balaban J connectivity index is 3.87. The van der Waals surface area contributed by atoms with Crippen LogP contribution in [0, 0.1) is 0 Å². The van der Waals surface area contributed by atoms with Gasteiger partial charge in [0, 0.05) is 35.1 Å². The summed E-state index contributed by atoms with van der Waals surface area (Å²) >= 11 is 3.56. The van der Waals surface area contributed by atoms with E-state index in [2.05, 4.69) is 0 Å². The Bertz CT molecular complexity index is 257. The zero-order valence-corrected chi connectivity index (χ0v) is 16.3. The van der Waals surface area contributed by atoms with Crippen LogP contribution in [-0.2, 0) is 0 Å². The Labute approximate surface area is 145 Å². The normalized spacial score (nSPS) is 15.8. The molecule has 6 heteroatoms. The summed E-state index contributed by atoms with van der Waals surface area (Å²) in [6.45, 7) is 7.92. The first-order chi connectivity index (χ1) is 10.3. The van der Waals surface area contributed by atoms with Gasteiger partial charge in [-0.1, -0.05) is 27.7 Å². The van der Waals surface area contributed by atoms with Gasteiger partial charge in [-0.2, -0.15) is 23.5 Å². The summed E-state index contributed by atoms with van der Waals surface area (Å²) in [6.07, 6.45) is 2.78. The molecule has 0 spiro atoms. The highest BCUT2D eigenvalue weighted by Gasteiger charge is 2.31. The van der Waals surface area contributed by atoms with Gasteiger partial charge in [0.1, 0.15) is 0 Å². The zero-order chi connectivity index (χ0) is 17.2. The quantitative estimate of drug-likeness (QED) is 0.380. The van der Waals surface area contributed by atoms with E-state index in [-0.39, 0.29) is 12.1 Å². The fourth-order valence-corrected chi connectivity index (χ4v) is 4.80. The lowest BCUT2D eigenvalue weighted by Crippen LogP contribution is -2.49. The molecular weight excluding hydrogens is 316 g/mol. The summed E-state index contributed by atoms with van der Waals surface area (Å²) in [4.78, 5) is 0. The lowest BCUT2D eigenvalue weighted by atomic mass is 9.90. The average Bonchev–Trinajstić information content (AvgIpc) is 2.55. The summed E-state index contributed by atoms with van der Waals surface area (Å²) < 4.78 is 0. The van der Waals surface area contributed by atoms with Crippen LogP contribution in [0.4, 0.5) is 0 Å². The fourth-order valence-electron chi connectivity index (χ4n) is 2.40. The van der Waals surface area contributed by atoms with E-state index in [9.17, 15) is 10.2 Å². The molecule has 0 radical (unpaired) electrons. The molecular formula is C16H36N2O2S2. The second kappa shape index (κ2) is 11.2. The third-order valence-electron chi connectivity index (χ3n) is 4.80. The van der Waals surface area contributed by atoms with Gasteiger partial charge in [-0.15, -0.1) is 0 Å². The summed E-state index contributed by atoms with van der Waals surface area (Å²) in [7, 11) is 0. The molecule has 2 atom stereocenters. The maximum atomic E-state index is 10.3. The molecule has 0 aromatic rings. The maximum absolute atomic E-state index is 10.3. The smallest absolute Gasteiger partial charge is 0.0800 e. The largest absolute Gasteiger partial charge is 0.388 e. The molecule has 0 fully saturated rings. The Hall–Kier alpha value is 0.540. The third kappa shape index (κ3) is 6.97. The molecule has 4 nitrogen and oxygen atoms in total. The Morgan fingerprint density at radius 3 is 1.23 bits per heavy atom. The van der Waals surface area contributed by atoms with E-state index in [0.29, 0.717) is 25.7 Å². The van der Waals surface area contributed by atoms with Gasteiger partial charge < -0.3 is 21.7 Å². The van der Waals surface area contributed by atoms with E-state index >= 15 is 0 Å². The Kier molecular flexibility index (Phi) is 11.4. The van der Waals surface area contributed by atoms with Crippen molar-refractivity contribution >= 4 is 23.5 Å². The molecule has 6 N–H and O–H groups in total. The van der Waals surface area contributed by atoms with Gasteiger partial charge in [0.25, 0.3) is 0 Å². The minimum atomic E-state index is -0.735. The summed E-state index contributed by atoms with van der Waals surface area (Å²) in [5, 5.41) is 20.7. The van der Waals surface area contributed by atoms with Crippen molar-refractivity contribution in [1.29, 1.82) is 0 Å². The molecule has 0 aliphatic rings. The van der Waals surface area contributed by atoms with Crippen LogP contribution in [0.25, 0.3) is 0 Å². The van der Waals surface area contributed by atoms with Crippen LogP contribution < -0.4 is 11.5 Å². The van der Waals surface area contributed by atoms with Crippen LogP contribution in [0.3, 0.4) is 0 Å². The molecule has 134 valence electrons. The second-order valence-electron chi connectivity index (χ2n) is 5.98. The highest BCUT2D eigenvalue weighted by Crippen LogP contribution is 2.23. The van der Waals surface area contributed by atoms with Crippen molar-refractivity contribution in [3.05, 3.63) is 0 Å². The number of hydrogen-bond acceptors (Lipinski definition) is 6. The van der Waals surface area contributed by atoms with Crippen LogP contribution in [0.5, 0.6) is 0 Å². The summed E-state index contributed by atoms with van der Waals surface area (Å²) in [5.74, 6) is 3.54. The molecule has 0 bridgehead atoms. The molecule has 0 aromatic heterocycles. The highest BCUT2D eigenvalue weighted by atomic mass is 32.2. The van der Waals surface area contributed by atoms with Crippen molar-refractivity contribution in [3.63, 3.8) is 0 Å². The van der Waals surface area contributed by atoms with Gasteiger partial charge in [0.2, 0.25) is 0 Å². The highest BCUT2D eigenvalue weighted by molar-refractivity contribution is 8.02. The molecule has 0 rings (SSSR count). The van der Waals surface area contributed by atoms with Crippen LogP contribution >= 0.6 is 23.5 Å². The molecule has 0 heterocycles. The van der Waals surface area contributed by atoms with Gasteiger partial charge in [0.05, 0.1) is 11.2 Å². The van der Waals surface area contributed by atoms with E-state index < -0.39 is 11.2 Å². The third-order valence-corrected chi connectivity index (χ3v) is 7.23. The first-order valence-corrected chi connectivity index (χ1v) is 10.7. The second-order valence-corrected chi connectivity index (χ2v) is 8.28. The average molecular weight is 353 g/mol. The van der Waals surface area contributed by atoms with Crippen LogP contribution in [0.1, 0.15) is 53.4 Å². The van der Waals surface area contributed by atoms with Crippen molar-refractivity contribution in [3.8, 4) is 0 Å². The van der Waals surface area contributed by atoms with Crippen LogP contribution in [0.15, 0.2) is 0 Å². The molecule has 0 saturated heterocycles. The predicted octanol–water partition coefficient (Wildman–Crippen LogP) is 2.21. The van der Waals surface area contributed by atoms with Crippen molar-refractivity contribution in [2.24, 2.45) is 11.5 Å². The van der Waals surface area contributed by atoms with Crippen molar-refractivity contribution < 1.29 is 10.2 Å². The van der Waals surface area contributed by atoms with Gasteiger partial charge in [-0.05, 0) is 25.7 Å². The number of hydrogen-bond donors (Lipinski definition) is 4. The van der Waals surface area contributed by atoms with Gasteiger partial charge in [-0.3, -0.25) is 0 Å². The van der Waals surface area contributed by atoms with Crippen LogP contribution in [0.2, 0.25) is 0 Å². The topological polar surface area (TPSA) is 92.5 Å². The molecule has 0 aliphatic carbocycles.